The van der Waals surface area contributed by atoms with Gasteiger partial charge in [0.2, 0.25) is 5.82 Å². The van der Waals surface area contributed by atoms with Gasteiger partial charge in [0.25, 0.3) is 5.91 Å². The van der Waals surface area contributed by atoms with Gasteiger partial charge in [-0.25, -0.2) is 14.1 Å². The zero-order valence-corrected chi connectivity index (χ0v) is 18.2. The van der Waals surface area contributed by atoms with E-state index in [0.717, 1.165) is 4.47 Å². The smallest absolute Gasteiger partial charge is 0.295 e. The topological polar surface area (TPSA) is 59.8 Å². The van der Waals surface area contributed by atoms with Crippen molar-refractivity contribution in [2.24, 2.45) is 0 Å². The second kappa shape index (κ2) is 8.55. The Bertz CT molecular complexity index is 1160. The van der Waals surface area contributed by atoms with Crippen LogP contribution in [0.3, 0.4) is 0 Å². The highest BCUT2D eigenvalue weighted by atomic mass is 79.9. The van der Waals surface area contributed by atoms with Crippen molar-refractivity contribution >= 4 is 50.7 Å². The van der Waals surface area contributed by atoms with Gasteiger partial charge in [-0.1, -0.05) is 39.1 Å². The molecule has 0 aliphatic carbocycles. The molecule has 0 unspecified atom stereocenters. The summed E-state index contributed by atoms with van der Waals surface area (Å²) in [6.07, 6.45) is 0. The van der Waals surface area contributed by atoms with Gasteiger partial charge in [-0.05, 0) is 66.7 Å². The highest BCUT2D eigenvalue weighted by Gasteiger charge is 2.20. The molecule has 4 aromatic rings. The van der Waals surface area contributed by atoms with Crippen LogP contribution in [0.1, 0.15) is 10.6 Å². The molecule has 5 nitrogen and oxygen atoms in total. The van der Waals surface area contributed by atoms with Gasteiger partial charge in [-0.3, -0.25) is 4.79 Å². The number of anilines is 1. The second-order valence-electron chi connectivity index (χ2n) is 6.23. The summed E-state index contributed by atoms with van der Waals surface area (Å²) in [6, 6.07) is 17.9. The maximum Gasteiger partial charge on any atom is 0.295 e. The normalized spacial score (nSPS) is 10.8. The number of rotatable bonds is 4. The van der Waals surface area contributed by atoms with Gasteiger partial charge in [0.1, 0.15) is 5.82 Å². The Labute approximate surface area is 189 Å². The SMILES string of the molecule is O=C(Nc1ccc(Cl)cc1Cl)c1nc(-c2ccc(F)cc2)n(-c2ccc(Br)cc2)n1. The number of nitrogens with zero attached hydrogens (tertiary/aromatic N) is 3. The lowest BCUT2D eigenvalue weighted by Gasteiger charge is -2.06. The molecule has 1 amide bonds. The number of amides is 1. The molecule has 0 saturated heterocycles. The van der Waals surface area contributed by atoms with E-state index in [4.69, 9.17) is 23.2 Å². The van der Waals surface area contributed by atoms with Crippen LogP contribution in [-0.2, 0) is 0 Å². The molecular formula is C21H12BrCl2FN4O. The van der Waals surface area contributed by atoms with Crippen molar-refractivity contribution < 1.29 is 9.18 Å². The molecule has 0 fully saturated rings. The number of hydrogen-bond donors (Lipinski definition) is 1. The third-order valence-electron chi connectivity index (χ3n) is 4.16. The number of benzene rings is 3. The first-order valence-electron chi connectivity index (χ1n) is 8.66. The van der Waals surface area contributed by atoms with Crippen LogP contribution in [0.25, 0.3) is 17.1 Å². The average molecular weight is 506 g/mol. The minimum atomic E-state index is -0.543. The molecule has 0 bridgehead atoms. The van der Waals surface area contributed by atoms with Crippen LogP contribution in [0, 0.1) is 5.82 Å². The average Bonchev–Trinajstić information content (AvgIpc) is 3.17. The van der Waals surface area contributed by atoms with E-state index in [9.17, 15) is 9.18 Å². The van der Waals surface area contributed by atoms with Gasteiger partial charge >= 0.3 is 0 Å². The molecule has 0 aliphatic heterocycles. The number of halogens is 4. The molecule has 1 aromatic heterocycles. The lowest BCUT2D eigenvalue weighted by atomic mass is 10.2. The lowest BCUT2D eigenvalue weighted by molar-refractivity contribution is 0.101. The largest absolute Gasteiger partial charge is 0.318 e. The summed E-state index contributed by atoms with van der Waals surface area (Å²) in [6.45, 7) is 0. The highest BCUT2D eigenvalue weighted by Crippen LogP contribution is 2.27. The minimum absolute atomic E-state index is 0.0664. The van der Waals surface area contributed by atoms with Crippen molar-refractivity contribution in [3.63, 3.8) is 0 Å². The van der Waals surface area contributed by atoms with Crippen LogP contribution >= 0.6 is 39.1 Å². The molecule has 0 saturated carbocycles. The van der Waals surface area contributed by atoms with E-state index in [-0.39, 0.29) is 11.6 Å². The van der Waals surface area contributed by atoms with E-state index in [2.05, 4.69) is 31.3 Å². The Morgan fingerprint density at radius 1 is 1.00 bits per heavy atom. The molecule has 1 N–H and O–H groups in total. The quantitative estimate of drug-likeness (QED) is 0.349. The molecule has 1 heterocycles. The summed E-state index contributed by atoms with van der Waals surface area (Å²) in [5.41, 5.74) is 1.68. The van der Waals surface area contributed by atoms with Crippen LogP contribution in [0.2, 0.25) is 10.0 Å². The Balaban J connectivity index is 1.75. The van der Waals surface area contributed by atoms with Crippen LogP contribution in [-0.4, -0.2) is 20.7 Å². The third kappa shape index (κ3) is 4.38. The van der Waals surface area contributed by atoms with Crippen molar-refractivity contribution in [1.82, 2.24) is 14.8 Å². The first-order valence-corrected chi connectivity index (χ1v) is 10.2. The number of nitrogens with one attached hydrogen (secondary N) is 1. The van der Waals surface area contributed by atoms with Gasteiger partial charge in [0.05, 0.1) is 16.4 Å². The van der Waals surface area contributed by atoms with Gasteiger partial charge < -0.3 is 5.32 Å². The van der Waals surface area contributed by atoms with Crippen molar-refractivity contribution in [1.29, 1.82) is 0 Å². The number of aromatic nitrogens is 3. The van der Waals surface area contributed by atoms with Crippen LogP contribution in [0.15, 0.2) is 71.2 Å². The summed E-state index contributed by atoms with van der Waals surface area (Å²) >= 11 is 15.4. The fourth-order valence-corrected chi connectivity index (χ4v) is 3.45. The molecule has 0 atom stereocenters. The lowest BCUT2D eigenvalue weighted by Crippen LogP contribution is -2.14. The van der Waals surface area contributed by atoms with Crippen molar-refractivity contribution in [2.45, 2.75) is 0 Å². The van der Waals surface area contributed by atoms with Crippen molar-refractivity contribution in [3.05, 3.63) is 92.9 Å². The van der Waals surface area contributed by atoms with Gasteiger partial charge in [0, 0.05) is 15.1 Å². The summed E-state index contributed by atoms with van der Waals surface area (Å²) in [5.74, 6) is -0.588. The molecule has 9 heteroatoms. The zero-order chi connectivity index (χ0) is 21.3. The van der Waals surface area contributed by atoms with E-state index in [1.807, 2.05) is 24.3 Å². The minimum Gasteiger partial charge on any atom is -0.318 e. The van der Waals surface area contributed by atoms with Crippen molar-refractivity contribution in [3.8, 4) is 17.1 Å². The maximum absolute atomic E-state index is 13.4. The summed E-state index contributed by atoms with van der Waals surface area (Å²) in [7, 11) is 0. The maximum atomic E-state index is 13.4. The Morgan fingerprint density at radius 3 is 2.37 bits per heavy atom. The number of carbonyl (C=O) groups excluding carboxylic acids is 1. The second-order valence-corrected chi connectivity index (χ2v) is 7.99. The number of carbonyl (C=O) groups is 1. The van der Waals surface area contributed by atoms with Gasteiger partial charge in [0.15, 0.2) is 5.82 Å². The molecule has 4 rings (SSSR count). The molecule has 30 heavy (non-hydrogen) atoms. The predicted octanol–water partition coefficient (Wildman–Crippen LogP) is 6.40. The molecule has 3 aromatic carbocycles. The molecule has 0 radical (unpaired) electrons. The third-order valence-corrected chi connectivity index (χ3v) is 5.24. The summed E-state index contributed by atoms with van der Waals surface area (Å²) in [4.78, 5) is 17.2. The monoisotopic (exact) mass is 504 g/mol. The van der Waals surface area contributed by atoms with E-state index in [1.54, 1.807) is 24.3 Å². The molecule has 150 valence electrons. The summed E-state index contributed by atoms with van der Waals surface area (Å²) < 4.78 is 15.8. The fraction of sp³-hybridized carbons (Fsp3) is 0. The standard InChI is InChI=1S/C21H12BrCl2FN4O/c22-13-3-8-16(9-4-13)29-20(12-1-6-15(25)7-2-12)27-19(28-29)21(30)26-18-10-5-14(23)11-17(18)24/h1-11H,(H,26,30). The summed E-state index contributed by atoms with van der Waals surface area (Å²) in [5, 5.41) is 7.79. The fourth-order valence-electron chi connectivity index (χ4n) is 2.73. The predicted molar refractivity (Wildman–Crippen MR) is 119 cm³/mol. The first-order chi connectivity index (χ1) is 14.4. The van der Waals surface area contributed by atoms with Crippen LogP contribution < -0.4 is 5.32 Å². The molecule has 0 aliphatic rings. The zero-order valence-electron chi connectivity index (χ0n) is 15.1. The first kappa shape index (κ1) is 20.5. The highest BCUT2D eigenvalue weighted by molar-refractivity contribution is 9.10. The van der Waals surface area contributed by atoms with Gasteiger partial charge in [-0.15, -0.1) is 5.10 Å². The van der Waals surface area contributed by atoms with E-state index in [0.29, 0.717) is 32.8 Å². The van der Waals surface area contributed by atoms with E-state index in [1.165, 1.54) is 22.9 Å². The number of hydrogen-bond acceptors (Lipinski definition) is 3. The molecule has 0 spiro atoms. The Morgan fingerprint density at radius 2 is 1.70 bits per heavy atom. The van der Waals surface area contributed by atoms with E-state index >= 15 is 0 Å². The van der Waals surface area contributed by atoms with Gasteiger partial charge in [-0.2, -0.15) is 0 Å². The Hall–Kier alpha value is -2.74. The van der Waals surface area contributed by atoms with Crippen LogP contribution in [0.4, 0.5) is 10.1 Å². The van der Waals surface area contributed by atoms with Crippen LogP contribution in [0.5, 0.6) is 0 Å². The van der Waals surface area contributed by atoms with Crippen molar-refractivity contribution in [2.75, 3.05) is 5.32 Å². The Kier molecular flexibility index (Phi) is 5.85. The molecular weight excluding hydrogens is 494 g/mol. The van der Waals surface area contributed by atoms with E-state index < -0.39 is 5.91 Å².